The van der Waals surface area contributed by atoms with Crippen molar-refractivity contribution in [2.24, 2.45) is 5.73 Å². The first kappa shape index (κ1) is 9.72. The first-order valence-electron chi connectivity index (χ1n) is 3.08. The van der Waals surface area contributed by atoms with Crippen LogP contribution in [0.25, 0.3) is 0 Å². The average Bonchev–Trinajstić information content (AvgIpc) is 1.80. The summed E-state index contributed by atoms with van der Waals surface area (Å²) >= 11 is 1.14. The lowest BCUT2D eigenvalue weighted by molar-refractivity contribution is 0.569. The molecule has 10 heavy (non-hydrogen) atoms. The lowest BCUT2D eigenvalue weighted by Crippen LogP contribution is -2.33. The Morgan fingerprint density at radius 2 is 2.10 bits per heavy atom. The van der Waals surface area contributed by atoms with Gasteiger partial charge in [0.15, 0.2) is 5.62 Å². The van der Waals surface area contributed by atoms with Gasteiger partial charge in [0.25, 0.3) is 0 Å². The fourth-order valence-corrected chi connectivity index (χ4v) is 1.19. The minimum Gasteiger partial charge on any atom is -0.321 e. The van der Waals surface area contributed by atoms with Crippen LogP contribution in [-0.2, 0) is 4.79 Å². The lowest BCUT2D eigenvalue weighted by Gasteiger charge is -2.19. The summed E-state index contributed by atoms with van der Waals surface area (Å²) < 4.78 is 0. The zero-order valence-corrected chi connectivity index (χ0v) is 7.37. The van der Waals surface area contributed by atoms with Crippen molar-refractivity contribution in [1.29, 1.82) is 0 Å². The number of hydrogen-bond acceptors (Lipinski definition) is 3. The largest absolute Gasteiger partial charge is 0.321 e. The van der Waals surface area contributed by atoms with E-state index in [-0.39, 0.29) is 5.54 Å². The van der Waals surface area contributed by atoms with Gasteiger partial charge in [0.2, 0.25) is 0 Å². The van der Waals surface area contributed by atoms with Crippen molar-refractivity contribution in [2.45, 2.75) is 26.3 Å². The summed E-state index contributed by atoms with van der Waals surface area (Å²) in [5, 5.41) is 0. The molecule has 0 heterocycles. The molecule has 0 saturated carbocycles. The van der Waals surface area contributed by atoms with Crippen LogP contribution < -0.4 is 5.73 Å². The molecule has 0 saturated heterocycles. The third kappa shape index (κ3) is 3.03. The van der Waals surface area contributed by atoms with Crippen molar-refractivity contribution in [1.82, 2.24) is 0 Å². The van der Waals surface area contributed by atoms with Crippen LogP contribution in [0.3, 0.4) is 0 Å². The van der Waals surface area contributed by atoms with Gasteiger partial charge < -0.3 is 5.73 Å². The maximum atomic E-state index is 10.1. The molecule has 0 fully saturated rings. The minimum absolute atomic E-state index is 0.389. The predicted molar refractivity (Wildman–Crippen MR) is 46.4 cm³/mol. The van der Waals surface area contributed by atoms with Crippen LogP contribution in [0, 0.1) is 0 Å². The molecule has 58 valence electrons. The standard InChI is InChI=1S/C7H13NOS/c1-4-6(10-5-9)7(2,3)8/h4-5H,8H2,1-3H3/b6-4-. The molecule has 0 amide bonds. The first-order valence-corrected chi connectivity index (χ1v) is 3.96. The van der Waals surface area contributed by atoms with E-state index >= 15 is 0 Å². The van der Waals surface area contributed by atoms with E-state index in [2.05, 4.69) is 0 Å². The maximum Gasteiger partial charge on any atom is 0.180 e. The molecule has 0 radical (unpaired) electrons. The summed E-state index contributed by atoms with van der Waals surface area (Å²) in [6, 6.07) is 0. The molecule has 0 aromatic carbocycles. The molecular weight excluding hydrogens is 146 g/mol. The zero-order chi connectivity index (χ0) is 8.20. The monoisotopic (exact) mass is 159 g/mol. The first-order chi connectivity index (χ1) is 4.52. The Bertz CT molecular complexity index is 146. The molecular formula is C7H13NOS. The Labute approximate surface area is 65.9 Å². The van der Waals surface area contributed by atoms with E-state index in [0.717, 1.165) is 22.3 Å². The summed E-state index contributed by atoms with van der Waals surface area (Å²) in [6.07, 6.45) is 1.86. The molecule has 0 aliphatic heterocycles. The van der Waals surface area contributed by atoms with E-state index in [0.29, 0.717) is 0 Å². The summed E-state index contributed by atoms with van der Waals surface area (Å²) in [6.45, 7) is 5.62. The Morgan fingerprint density at radius 1 is 1.60 bits per heavy atom. The van der Waals surface area contributed by atoms with Gasteiger partial charge in [-0.05, 0) is 20.8 Å². The van der Waals surface area contributed by atoms with Crippen LogP contribution >= 0.6 is 11.8 Å². The highest BCUT2D eigenvalue weighted by Crippen LogP contribution is 2.22. The van der Waals surface area contributed by atoms with Gasteiger partial charge in [0.1, 0.15) is 0 Å². The molecule has 0 aromatic rings. The van der Waals surface area contributed by atoms with Gasteiger partial charge in [0.05, 0.1) is 0 Å². The molecule has 2 nitrogen and oxygen atoms in total. The molecule has 0 rings (SSSR count). The van der Waals surface area contributed by atoms with Crippen LogP contribution in [0.2, 0.25) is 0 Å². The fourth-order valence-electron chi connectivity index (χ4n) is 0.644. The third-order valence-corrected chi connectivity index (χ3v) is 2.18. The third-order valence-electron chi connectivity index (χ3n) is 1.07. The molecule has 0 aromatic heterocycles. The Balaban J connectivity index is 4.23. The highest BCUT2D eigenvalue weighted by atomic mass is 32.2. The summed E-state index contributed by atoms with van der Waals surface area (Å²) in [7, 11) is 0. The number of carbonyl (C=O) groups excluding carboxylic acids is 1. The number of thioether (sulfide) groups is 1. The van der Waals surface area contributed by atoms with Crippen molar-refractivity contribution >= 4 is 17.4 Å². The normalized spacial score (nSPS) is 13.4. The van der Waals surface area contributed by atoms with Crippen molar-refractivity contribution in [3.8, 4) is 0 Å². The zero-order valence-electron chi connectivity index (χ0n) is 6.55. The van der Waals surface area contributed by atoms with Gasteiger partial charge in [0, 0.05) is 10.4 Å². The van der Waals surface area contributed by atoms with Crippen molar-refractivity contribution in [3.05, 3.63) is 11.0 Å². The van der Waals surface area contributed by atoms with E-state index in [9.17, 15) is 4.79 Å². The fraction of sp³-hybridized carbons (Fsp3) is 0.571. The molecule has 0 bridgehead atoms. The molecule has 0 spiro atoms. The summed E-state index contributed by atoms with van der Waals surface area (Å²) in [4.78, 5) is 11.0. The SMILES string of the molecule is C/C=C(\SC=O)C(C)(C)N. The average molecular weight is 159 g/mol. The van der Waals surface area contributed by atoms with Gasteiger partial charge in [-0.3, -0.25) is 4.79 Å². The smallest absolute Gasteiger partial charge is 0.180 e. The van der Waals surface area contributed by atoms with Gasteiger partial charge in [-0.1, -0.05) is 17.8 Å². The summed E-state index contributed by atoms with van der Waals surface area (Å²) in [5.41, 5.74) is 6.14. The predicted octanol–water partition coefficient (Wildman–Crippen LogP) is 1.55. The Morgan fingerprint density at radius 3 is 2.20 bits per heavy atom. The van der Waals surface area contributed by atoms with Crippen molar-refractivity contribution in [3.63, 3.8) is 0 Å². The molecule has 0 aliphatic rings. The highest BCUT2D eigenvalue weighted by Gasteiger charge is 2.16. The van der Waals surface area contributed by atoms with E-state index in [1.165, 1.54) is 0 Å². The van der Waals surface area contributed by atoms with Crippen molar-refractivity contribution in [2.75, 3.05) is 0 Å². The van der Waals surface area contributed by atoms with Gasteiger partial charge in [-0.15, -0.1) is 0 Å². The second-order valence-corrected chi connectivity index (χ2v) is 3.46. The number of hydrogen-bond donors (Lipinski definition) is 1. The quantitative estimate of drug-likeness (QED) is 0.635. The van der Waals surface area contributed by atoms with E-state index in [1.807, 2.05) is 26.8 Å². The Kier molecular flexibility index (Phi) is 3.68. The van der Waals surface area contributed by atoms with Gasteiger partial charge >= 0.3 is 0 Å². The van der Waals surface area contributed by atoms with Gasteiger partial charge in [-0.25, -0.2) is 0 Å². The van der Waals surface area contributed by atoms with Crippen LogP contribution in [0.4, 0.5) is 0 Å². The number of nitrogens with two attached hydrogens (primary N) is 1. The van der Waals surface area contributed by atoms with E-state index in [1.54, 1.807) is 0 Å². The highest BCUT2D eigenvalue weighted by molar-refractivity contribution is 8.15. The molecule has 0 unspecified atom stereocenters. The second kappa shape index (κ2) is 3.78. The second-order valence-electron chi connectivity index (χ2n) is 2.59. The van der Waals surface area contributed by atoms with E-state index in [4.69, 9.17) is 5.73 Å². The molecule has 2 N–H and O–H groups in total. The van der Waals surface area contributed by atoms with Crippen LogP contribution in [0.1, 0.15) is 20.8 Å². The maximum absolute atomic E-state index is 10.1. The van der Waals surface area contributed by atoms with Crippen molar-refractivity contribution < 1.29 is 4.79 Å². The lowest BCUT2D eigenvalue weighted by atomic mass is 10.1. The minimum atomic E-state index is -0.389. The number of rotatable bonds is 3. The summed E-state index contributed by atoms with van der Waals surface area (Å²) in [5.74, 6) is 0. The molecule has 3 heteroatoms. The van der Waals surface area contributed by atoms with Crippen LogP contribution in [-0.4, -0.2) is 11.2 Å². The van der Waals surface area contributed by atoms with Gasteiger partial charge in [-0.2, -0.15) is 0 Å². The molecule has 0 aliphatic carbocycles. The van der Waals surface area contributed by atoms with Crippen LogP contribution in [0.5, 0.6) is 0 Å². The van der Waals surface area contributed by atoms with E-state index < -0.39 is 0 Å². The Hall–Kier alpha value is -0.280. The van der Waals surface area contributed by atoms with Crippen LogP contribution in [0.15, 0.2) is 11.0 Å². The number of carbonyl (C=O) groups is 1. The topological polar surface area (TPSA) is 43.1 Å². The molecule has 0 atom stereocenters. The number of allylic oxidation sites excluding steroid dienone is 1.